The van der Waals surface area contributed by atoms with Crippen LogP contribution >= 0.6 is 11.6 Å². The van der Waals surface area contributed by atoms with Crippen molar-refractivity contribution in [1.82, 2.24) is 0 Å². The van der Waals surface area contributed by atoms with Crippen molar-refractivity contribution < 1.29 is 9.18 Å². The second kappa shape index (κ2) is 7.01. The topological polar surface area (TPSA) is 32.3 Å². The number of amides is 1. The zero-order valence-corrected chi connectivity index (χ0v) is 13.4. The van der Waals surface area contributed by atoms with Crippen molar-refractivity contribution >= 4 is 28.9 Å². The minimum Gasteiger partial charge on any atom is -0.369 e. The summed E-state index contributed by atoms with van der Waals surface area (Å²) in [6.07, 6.45) is 3.41. The van der Waals surface area contributed by atoms with Gasteiger partial charge in [-0.3, -0.25) is 4.79 Å². The number of anilines is 2. The maximum absolute atomic E-state index is 13.8. The van der Waals surface area contributed by atoms with E-state index >= 15 is 0 Å². The molecule has 1 fully saturated rings. The lowest BCUT2D eigenvalue weighted by atomic mass is 10.1. The number of hydrogen-bond acceptors (Lipinski definition) is 2. The molecule has 1 aliphatic heterocycles. The minimum atomic E-state index is -0.536. The van der Waals surface area contributed by atoms with Gasteiger partial charge < -0.3 is 10.2 Å². The summed E-state index contributed by atoms with van der Waals surface area (Å²) in [5.41, 5.74) is 1.46. The van der Waals surface area contributed by atoms with E-state index in [1.165, 1.54) is 18.6 Å². The van der Waals surface area contributed by atoms with Crippen LogP contribution in [0.5, 0.6) is 0 Å². The van der Waals surface area contributed by atoms with Crippen molar-refractivity contribution in [3.8, 4) is 0 Å². The zero-order valence-electron chi connectivity index (χ0n) is 12.7. The smallest absolute Gasteiger partial charge is 0.258 e. The number of piperidine rings is 1. The predicted octanol–water partition coefficient (Wildman–Crippen LogP) is 4.72. The number of halogens is 2. The number of nitrogens with one attached hydrogen (secondary N) is 1. The molecule has 23 heavy (non-hydrogen) atoms. The van der Waals surface area contributed by atoms with Crippen LogP contribution in [-0.2, 0) is 0 Å². The quantitative estimate of drug-likeness (QED) is 0.882. The summed E-state index contributed by atoms with van der Waals surface area (Å²) in [4.78, 5) is 14.6. The fourth-order valence-corrected chi connectivity index (χ4v) is 3.18. The van der Waals surface area contributed by atoms with E-state index in [4.69, 9.17) is 11.6 Å². The molecule has 0 aliphatic carbocycles. The van der Waals surface area contributed by atoms with E-state index < -0.39 is 11.7 Å². The van der Waals surface area contributed by atoms with Gasteiger partial charge in [-0.15, -0.1) is 0 Å². The molecule has 2 aromatic rings. The number of carbonyl (C=O) groups is 1. The van der Waals surface area contributed by atoms with E-state index in [0.29, 0.717) is 10.7 Å². The van der Waals surface area contributed by atoms with Crippen LogP contribution in [0.4, 0.5) is 15.8 Å². The summed E-state index contributed by atoms with van der Waals surface area (Å²) < 4.78 is 13.8. The molecule has 1 amide bonds. The van der Waals surface area contributed by atoms with Gasteiger partial charge in [-0.1, -0.05) is 29.8 Å². The Kier molecular flexibility index (Phi) is 4.82. The number of para-hydroxylation sites is 1. The third-order valence-corrected chi connectivity index (χ3v) is 4.33. The van der Waals surface area contributed by atoms with Crippen LogP contribution in [0.1, 0.15) is 29.6 Å². The van der Waals surface area contributed by atoms with Gasteiger partial charge in [-0.25, -0.2) is 4.39 Å². The highest BCUT2D eigenvalue weighted by Crippen LogP contribution is 2.35. The number of rotatable bonds is 3. The number of hydrogen-bond donors (Lipinski definition) is 1. The minimum absolute atomic E-state index is 0.0251. The van der Waals surface area contributed by atoms with E-state index in [-0.39, 0.29) is 5.56 Å². The Morgan fingerprint density at radius 2 is 1.78 bits per heavy atom. The summed E-state index contributed by atoms with van der Waals surface area (Å²) in [7, 11) is 0. The van der Waals surface area contributed by atoms with E-state index in [9.17, 15) is 9.18 Å². The van der Waals surface area contributed by atoms with Crippen LogP contribution < -0.4 is 10.2 Å². The third kappa shape index (κ3) is 3.48. The monoisotopic (exact) mass is 332 g/mol. The van der Waals surface area contributed by atoms with Crippen LogP contribution in [0, 0.1) is 5.82 Å². The van der Waals surface area contributed by atoms with Gasteiger partial charge in [-0.05, 0) is 43.5 Å². The van der Waals surface area contributed by atoms with Crippen molar-refractivity contribution in [2.24, 2.45) is 0 Å². The molecular formula is C18H18ClFN2O. The zero-order chi connectivity index (χ0) is 16.2. The maximum Gasteiger partial charge on any atom is 0.258 e. The number of carbonyl (C=O) groups excluding carboxylic acids is 1. The molecule has 3 rings (SSSR count). The molecule has 120 valence electrons. The first-order valence-corrected chi connectivity index (χ1v) is 8.14. The molecule has 1 heterocycles. The summed E-state index contributed by atoms with van der Waals surface area (Å²) >= 11 is 6.36. The summed E-state index contributed by atoms with van der Waals surface area (Å²) in [6.45, 7) is 1.82. The molecule has 1 N–H and O–H groups in total. The molecule has 1 saturated heterocycles. The number of benzene rings is 2. The standard InChI is InChI=1S/C18H18ClFN2O/c19-14-8-6-10-16(17(14)22-11-4-1-5-12-22)21-18(23)13-7-2-3-9-15(13)20/h2-3,6-10H,1,4-5,11-12H2,(H,21,23). The molecule has 5 heteroatoms. The Bertz CT molecular complexity index is 714. The largest absolute Gasteiger partial charge is 0.369 e. The highest BCUT2D eigenvalue weighted by molar-refractivity contribution is 6.34. The highest BCUT2D eigenvalue weighted by Gasteiger charge is 2.20. The molecule has 3 nitrogen and oxygen atoms in total. The fourth-order valence-electron chi connectivity index (χ4n) is 2.89. The highest BCUT2D eigenvalue weighted by atomic mass is 35.5. The summed E-state index contributed by atoms with van der Waals surface area (Å²) in [6, 6.07) is 11.3. The van der Waals surface area contributed by atoms with Gasteiger partial charge in [0.15, 0.2) is 0 Å². The van der Waals surface area contributed by atoms with E-state index in [0.717, 1.165) is 31.6 Å². The molecule has 0 bridgehead atoms. The second-order valence-corrected chi connectivity index (χ2v) is 6.02. The Morgan fingerprint density at radius 3 is 2.52 bits per heavy atom. The second-order valence-electron chi connectivity index (χ2n) is 5.62. The lowest BCUT2D eigenvalue weighted by molar-refractivity contribution is 0.102. The van der Waals surface area contributed by atoms with Gasteiger partial charge in [0.1, 0.15) is 5.82 Å². The lowest BCUT2D eigenvalue weighted by Crippen LogP contribution is -2.30. The predicted molar refractivity (Wildman–Crippen MR) is 91.9 cm³/mol. The Labute approximate surface area is 140 Å². The molecule has 0 aromatic heterocycles. The van der Waals surface area contributed by atoms with Gasteiger partial charge in [0.2, 0.25) is 0 Å². The van der Waals surface area contributed by atoms with Crippen molar-refractivity contribution in [2.45, 2.75) is 19.3 Å². The Hall–Kier alpha value is -2.07. The number of nitrogens with zero attached hydrogens (tertiary/aromatic N) is 1. The molecular weight excluding hydrogens is 315 g/mol. The van der Waals surface area contributed by atoms with Gasteiger partial charge in [0.25, 0.3) is 5.91 Å². The molecule has 1 aliphatic rings. The van der Waals surface area contributed by atoms with Crippen LogP contribution in [0.25, 0.3) is 0 Å². The SMILES string of the molecule is O=C(Nc1cccc(Cl)c1N1CCCCC1)c1ccccc1F. The normalized spacial score (nSPS) is 14.6. The van der Waals surface area contributed by atoms with Crippen molar-refractivity contribution in [2.75, 3.05) is 23.3 Å². The Morgan fingerprint density at radius 1 is 1.04 bits per heavy atom. The summed E-state index contributed by atoms with van der Waals surface area (Å²) in [5, 5.41) is 3.40. The third-order valence-electron chi connectivity index (χ3n) is 4.03. The van der Waals surface area contributed by atoms with Crippen LogP contribution in [0.2, 0.25) is 5.02 Å². The van der Waals surface area contributed by atoms with E-state index in [1.807, 2.05) is 6.07 Å². The molecule has 0 radical (unpaired) electrons. The molecule has 0 unspecified atom stereocenters. The first kappa shape index (κ1) is 15.8. The van der Waals surface area contributed by atoms with E-state index in [2.05, 4.69) is 10.2 Å². The van der Waals surface area contributed by atoms with Gasteiger partial charge >= 0.3 is 0 Å². The maximum atomic E-state index is 13.8. The van der Waals surface area contributed by atoms with Gasteiger partial charge in [0, 0.05) is 13.1 Å². The Balaban J connectivity index is 1.89. The van der Waals surface area contributed by atoms with Gasteiger partial charge in [-0.2, -0.15) is 0 Å². The van der Waals surface area contributed by atoms with E-state index in [1.54, 1.807) is 24.3 Å². The molecule has 2 aromatic carbocycles. The van der Waals surface area contributed by atoms with Crippen molar-refractivity contribution in [3.05, 3.63) is 58.9 Å². The van der Waals surface area contributed by atoms with Crippen LogP contribution in [-0.4, -0.2) is 19.0 Å². The molecule has 0 spiro atoms. The van der Waals surface area contributed by atoms with Crippen molar-refractivity contribution in [1.29, 1.82) is 0 Å². The first-order chi connectivity index (χ1) is 11.2. The average Bonchev–Trinajstić information content (AvgIpc) is 2.56. The molecule has 0 saturated carbocycles. The fraction of sp³-hybridized carbons (Fsp3) is 0.278. The first-order valence-electron chi connectivity index (χ1n) is 7.76. The lowest BCUT2D eigenvalue weighted by Gasteiger charge is -2.31. The summed E-state index contributed by atoms with van der Waals surface area (Å²) in [5.74, 6) is -1.00. The van der Waals surface area contributed by atoms with Gasteiger partial charge in [0.05, 0.1) is 22.0 Å². The molecule has 0 atom stereocenters. The van der Waals surface area contributed by atoms with Crippen molar-refractivity contribution in [3.63, 3.8) is 0 Å². The average molecular weight is 333 g/mol. The van der Waals surface area contributed by atoms with Crippen LogP contribution in [0.15, 0.2) is 42.5 Å². The van der Waals surface area contributed by atoms with Crippen LogP contribution in [0.3, 0.4) is 0 Å².